The summed E-state index contributed by atoms with van der Waals surface area (Å²) in [6.45, 7) is 2.67. The summed E-state index contributed by atoms with van der Waals surface area (Å²) in [4.78, 5) is 15.2. The van der Waals surface area contributed by atoms with Gasteiger partial charge in [0, 0.05) is 39.4 Å². The van der Waals surface area contributed by atoms with Gasteiger partial charge in [0.15, 0.2) is 0 Å². The van der Waals surface area contributed by atoms with Crippen LogP contribution in [0.15, 0.2) is 41.3 Å². The Kier molecular flexibility index (Phi) is 7.82. The maximum absolute atomic E-state index is 13.1. The number of halogens is 2. The predicted molar refractivity (Wildman–Crippen MR) is 123 cm³/mol. The van der Waals surface area contributed by atoms with Crippen LogP contribution in [-0.2, 0) is 21.2 Å². The summed E-state index contributed by atoms with van der Waals surface area (Å²) in [6.07, 6.45) is 0.494. The molecule has 1 N–H and O–H groups in total. The number of hydrogen-bond donors (Lipinski definition) is 1. The molecule has 31 heavy (non-hydrogen) atoms. The molecule has 0 radical (unpaired) electrons. The van der Waals surface area contributed by atoms with Crippen molar-refractivity contribution in [3.8, 4) is 0 Å². The van der Waals surface area contributed by atoms with Gasteiger partial charge in [0.2, 0.25) is 10.0 Å². The van der Waals surface area contributed by atoms with E-state index < -0.39 is 10.0 Å². The summed E-state index contributed by atoms with van der Waals surface area (Å²) in [5.41, 5.74) is 1.81. The highest BCUT2D eigenvalue weighted by Gasteiger charge is 2.24. The van der Waals surface area contributed by atoms with Crippen molar-refractivity contribution in [3.63, 3.8) is 0 Å². The maximum atomic E-state index is 13.1. The van der Waals surface area contributed by atoms with Gasteiger partial charge in [0.1, 0.15) is 0 Å². The standard InChI is InChI=1S/C21H25Cl2N3O4S/c1-25(2)31(28,29)16-6-7-19(26-10-12-30-13-11-26)17(14-16)21(27)24-9-8-15-4-3-5-18(22)20(15)23/h3-7,14H,8-13H2,1-2H3,(H,24,27). The third-order valence-corrected chi connectivity index (χ3v) is 7.72. The number of carbonyl (C=O) groups is 1. The van der Waals surface area contributed by atoms with E-state index in [4.69, 9.17) is 27.9 Å². The highest BCUT2D eigenvalue weighted by Crippen LogP contribution is 2.27. The van der Waals surface area contributed by atoms with Crippen LogP contribution in [0.3, 0.4) is 0 Å². The third-order valence-electron chi connectivity index (χ3n) is 5.05. The molecule has 7 nitrogen and oxygen atoms in total. The molecule has 1 aliphatic heterocycles. The Labute approximate surface area is 192 Å². The Balaban J connectivity index is 1.85. The first-order valence-electron chi connectivity index (χ1n) is 9.82. The Hall–Kier alpha value is -1.84. The lowest BCUT2D eigenvalue weighted by Gasteiger charge is -2.30. The second-order valence-electron chi connectivity index (χ2n) is 7.28. The number of sulfonamides is 1. The number of morpholine rings is 1. The van der Waals surface area contributed by atoms with Crippen molar-refractivity contribution in [2.24, 2.45) is 0 Å². The minimum Gasteiger partial charge on any atom is -0.378 e. The molecular weight excluding hydrogens is 461 g/mol. The molecule has 0 spiro atoms. The molecule has 0 unspecified atom stereocenters. The molecule has 1 amide bonds. The van der Waals surface area contributed by atoms with Crippen molar-refractivity contribution in [2.75, 3.05) is 51.8 Å². The van der Waals surface area contributed by atoms with Crippen LogP contribution >= 0.6 is 23.2 Å². The lowest BCUT2D eigenvalue weighted by atomic mass is 10.1. The molecular formula is C21H25Cl2N3O4S. The summed E-state index contributed by atoms with van der Waals surface area (Å²) in [5.74, 6) is -0.351. The highest BCUT2D eigenvalue weighted by molar-refractivity contribution is 7.89. The average Bonchev–Trinajstić information content (AvgIpc) is 2.76. The van der Waals surface area contributed by atoms with Crippen LogP contribution in [0, 0.1) is 0 Å². The van der Waals surface area contributed by atoms with Gasteiger partial charge in [-0.25, -0.2) is 12.7 Å². The fourth-order valence-electron chi connectivity index (χ4n) is 3.30. The van der Waals surface area contributed by atoms with Gasteiger partial charge in [0.05, 0.1) is 33.7 Å². The topological polar surface area (TPSA) is 79.0 Å². The molecule has 10 heteroatoms. The smallest absolute Gasteiger partial charge is 0.253 e. The number of rotatable bonds is 7. The summed E-state index contributed by atoms with van der Waals surface area (Å²) in [7, 11) is -0.760. The van der Waals surface area contributed by atoms with Crippen LogP contribution in [0.5, 0.6) is 0 Å². The molecule has 0 aliphatic carbocycles. The van der Waals surface area contributed by atoms with Crippen LogP contribution in [0.25, 0.3) is 0 Å². The first-order chi connectivity index (χ1) is 14.7. The number of benzene rings is 2. The van der Waals surface area contributed by atoms with E-state index in [1.54, 1.807) is 18.2 Å². The monoisotopic (exact) mass is 485 g/mol. The largest absolute Gasteiger partial charge is 0.378 e. The molecule has 0 bridgehead atoms. The first-order valence-corrected chi connectivity index (χ1v) is 12.0. The van der Waals surface area contributed by atoms with E-state index in [0.717, 1.165) is 9.87 Å². The number of amides is 1. The molecule has 168 valence electrons. The van der Waals surface area contributed by atoms with Gasteiger partial charge in [-0.1, -0.05) is 35.3 Å². The number of hydrogen-bond acceptors (Lipinski definition) is 5. The van der Waals surface area contributed by atoms with Gasteiger partial charge in [-0.05, 0) is 36.2 Å². The summed E-state index contributed by atoms with van der Waals surface area (Å²) >= 11 is 12.3. The summed E-state index contributed by atoms with van der Waals surface area (Å²) in [5, 5.41) is 3.80. The van der Waals surface area contributed by atoms with Gasteiger partial charge in [-0.2, -0.15) is 0 Å². The Morgan fingerprint density at radius 3 is 2.55 bits per heavy atom. The van der Waals surface area contributed by atoms with Crippen LogP contribution in [-0.4, -0.2) is 65.6 Å². The van der Waals surface area contributed by atoms with Crippen LogP contribution < -0.4 is 10.2 Å². The van der Waals surface area contributed by atoms with Crippen LogP contribution in [0.1, 0.15) is 15.9 Å². The highest BCUT2D eigenvalue weighted by atomic mass is 35.5. The van der Waals surface area contributed by atoms with Crippen molar-refractivity contribution in [3.05, 3.63) is 57.6 Å². The molecule has 3 rings (SSSR count). The Morgan fingerprint density at radius 2 is 1.87 bits per heavy atom. The van der Waals surface area contributed by atoms with Crippen molar-refractivity contribution in [2.45, 2.75) is 11.3 Å². The number of anilines is 1. The molecule has 0 saturated carbocycles. The van der Waals surface area contributed by atoms with Crippen LogP contribution in [0.2, 0.25) is 10.0 Å². The first kappa shape index (κ1) is 23.8. The van der Waals surface area contributed by atoms with Gasteiger partial charge < -0.3 is 15.0 Å². The molecule has 0 aromatic heterocycles. The molecule has 2 aromatic carbocycles. The molecule has 1 aliphatic rings. The van der Waals surface area contributed by atoms with Gasteiger partial charge in [-0.15, -0.1) is 0 Å². The van der Waals surface area contributed by atoms with Crippen molar-refractivity contribution in [1.29, 1.82) is 0 Å². The Bertz CT molecular complexity index is 1050. The fraction of sp³-hybridized carbons (Fsp3) is 0.381. The normalized spacial score (nSPS) is 14.7. The van der Waals surface area contributed by atoms with E-state index >= 15 is 0 Å². The average molecular weight is 486 g/mol. The lowest BCUT2D eigenvalue weighted by molar-refractivity contribution is 0.0952. The third kappa shape index (κ3) is 5.51. The van der Waals surface area contributed by atoms with E-state index in [1.165, 1.54) is 26.2 Å². The van der Waals surface area contributed by atoms with E-state index in [-0.39, 0.29) is 10.8 Å². The second kappa shape index (κ2) is 10.2. The van der Waals surface area contributed by atoms with E-state index in [2.05, 4.69) is 5.32 Å². The Morgan fingerprint density at radius 1 is 1.16 bits per heavy atom. The minimum absolute atomic E-state index is 0.0672. The second-order valence-corrected chi connectivity index (χ2v) is 10.2. The zero-order valence-electron chi connectivity index (χ0n) is 17.4. The van der Waals surface area contributed by atoms with Gasteiger partial charge in [-0.3, -0.25) is 4.79 Å². The zero-order valence-corrected chi connectivity index (χ0v) is 19.7. The van der Waals surface area contributed by atoms with Crippen molar-refractivity contribution < 1.29 is 17.9 Å². The number of ether oxygens (including phenoxy) is 1. The molecule has 0 atom stereocenters. The molecule has 1 fully saturated rings. The fourth-order valence-corrected chi connectivity index (χ4v) is 4.64. The van der Waals surface area contributed by atoms with Gasteiger partial charge in [0.25, 0.3) is 5.91 Å². The maximum Gasteiger partial charge on any atom is 0.253 e. The van der Waals surface area contributed by atoms with Crippen molar-refractivity contribution >= 4 is 44.8 Å². The number of nitrogens with one attached hydrogen (secondary N) is 1. The van der Waals surface area contributed by atoms with E-state index in [1.807, 2.05) is 11.0 Å². The van der Waals surface area contributed by atoms with E-state index in [0.29, 0.717) is 60.6 Å². The zero-order chi connectivity index (χ0) is 22.6. The van der Waals surface area contributed by atoms with E-state index in [9.17, 15) is 13.2 Å². The summed E-state index contributed by atoms with van der Waals surface area (Å²) < 4.78 is 31.7. The quantitative estimate of drug-likeness (QED) is 0.651. The van der Waals surface area contributed by atoms with Crippen molar-refractivity contribution in [1.82, 2.24) is 9.62 Å². The number of nitrogens with zero attached hydrogens (tertiary/aromatic N) is 2. The SMILES string of the molecule is CN(C)S(=O)(=O)c1ccc(N2CCOCC2)c(C(=O)NCCc2cccc(Cl)c2Cl)c1. The lowest BCUT2D eigenvalue weighted by Crippen LogP contribution is -2.38. The predicted octanol–water partition coefficient (Wildman–Crippen LogP) is 3.05. The minimum atomic E-state index is -3.68. The van der Waals surface area contributed by atoms with Crippen LogP contribution in [0.4, 0.5) is 5.69 Å². The number of carbonyl (C=O) groups excluding carboxylic acids is 1. The molecule has 1 heterocycles. The van der Waals surface area contributed by atoms with Gasteiger partial charge >= 0.3 is 0 Å². The molecule has 2 aromatic rings. The summed E-state index contributed by atoms with van der Waals surface area (Å²) in [6, 6.07) is 10.0. The molecule has 1 saturated heterocycles.